The fourth-order valence-corrected chi connectivity index (χ4v) is 0.986. The molecule has 0 amide bonds. The first-order valence-corrected chi connectivity index (χ1v) is 3.48. The summed E-state index contributed by atoms with van der Waals surface area (Å²) < 4.78 is 0. The average Bonchev–Trinajstić information content (AvgIpc) is 2.04. The summed E-state index contributed by atoms with van der Waals surface area (Å²) >= 11 is 0. The fourth-order valence-electron chi connectivity index (χ4n) is 0.986. The van der Waals surface area contributed by atoms with E-state index in [9.17, 15) is 0 Å². The van der Waals surface area contributed by atoms with Crippen molar-refractivity contribution < 1.29 is 0 Å². The van der Waals surface area contributed by atoms with Crippen LogP contribution >= 0.6 is 0 Å². The van der Waals surface area contributed by atoms with Crippen molar-refractivity contribution in [2.75, 3.05) is 19.0 Å². The average molecular weight is 145 g/mol. The highest BCUT2D eigenvalue weighted by Crippen LogP contribution is 2.15. The van der Waals surface area contributed by atoms with Crippen molar-refractivity contribution >= 4 is 5.69 Å². The predicted octanol–water partition coefficient (Wildman–Crippen LogP) is 1.73. The Morgan fingerprint density at radius 2 is 1.91 bits per heavy atom. The van der Waals surface area contributed by atoms with Gasteiger partial charge in [0.15, 0.2) is 0 Å². The van der Waals surface area contributed by atoms with Crippen LogP contribution in [-0.4, -0.2) is 14.1 Å². The van der Waals surface area contributed by atoms with Crippen LogP contribution in [0.25, 0.3) is 0 Å². The molecular weight excluding hydrogens is 134 g/mol. The number of hydrogen-bond donors (Lipinski definition) is 0. The standard InChI is InChI=1S/C10H11N/c1-4-9-7-5-6-8-10(9)11(2)3/h1,5-8H,2-3H3. The summed E-state index contributed by atoms with van der Waals surface area (Å²) in [7, 11) is 3.96. The second-order valence-corrected chi connectivity index (χ2v) is 2.56. The quantitative estimate of drug-likeness (QED) is 0.544. The van der Waals surface area contributed by atoms with Crippen LogP contribution in [-0.2, 0) is 0 Å². The minimum atomic E-state index is 0.942. The van der Waals surface area contributed by atoms with Gasteiger partial charge < -0.3 is 4.90 Å². The Hall–Kier alpha value is -1.42. The van der Waals surface area contributed by atoms with E-state index in [2.05, 4.69) is 5.92 Å². The third kappa shape index (κ3) is 1.53. The molecule has 0 N–H and O–H groups in total. The van der Waals surface area contributed by atoms with E-state index >= 15 is 0 Å². The van der Waals surface area contributed by atoms with E-state index in [0.29, 0.717) is 0 Å². The molecule has 0 spiro atoms. The second kappa shape index (κ2) is 3.12. The summed E-state index contributed by atoms with van der Waals surface area (Å²) in [5, 5.41) is 0. The normalized spacial score (nSPS) is 8.82. The molecule has 1 nitrogen and oxygen atoms in total. The lowest BCUT2D eigenvalue weighted by atomic mass is 10.2. The molecule has 1 rings (SSSR count). The Kier molecular flexibility index (Phi) is 2.18. The lowest BCUT2D eigenvalue weighted by Gasteiger charge is -2.13. The van der Waals surface area contributed by atoms with Crippen molar-refractivity contribution in [2.45, 2.75) is 0 Å². The molecule has 56 valence electrons. The number of terminal acetylenes is 1. The minimum Gasteiger partial charge on any atom is -0.377 e. The lowest BCUT2D eigenvalue weighted by Crippen LogP contribution is -2.09. The molecule has 0 aliphatic carbocycles. The number of anilines is 1. The molecular formula is C10H11N. The van der Waals surface area contributed by atoms with Gasteiger partial charge in [-0.3, -0.25) is 0 Å². The molecule has 0 radical (unpaired) electrons. The van der Waals surface area contributed by atoms with Crippen LogP contribution in [0.5, 0.6) is 0 Å². The van der Waals surface area contributed by atoms with Gasteiger partial charge in [-0.05, 0) is 12.1 Å². The van der Waals surface area contributed by atoms with Gasteiger partial charge in [-0.1, -0.05) is 18.1 Å². The Bertz CT molecular complexity index is 281. The summed E-state index contributed by atoms with van der Waals surface area (Å²) in [6, 6.07) is 7.88. The minimum absolute atomic E-state index is 0.942. The largest absolute Gasteiger partial charge is 0.377 e. The van der Waals surface area contributed by atoms with Crippen molar-refractivity contribution in [3.8, 4) is 12.3 Å². The SMILES string of the molecule is C#Cc1ccccc1N(C)C. The Labute approximate surface area is 67.7 Å². The van der Waals surface area contributed by atoms with Crippen molar-refractivity contribution in [1.82, 2.24) is 0 Å². The maximum atomic E-state index is 5.31. The van der Waals surface area contributed by atoms with Crippen molar-refractivity contribution in [3.63, 3.8) is 0 Å². The Morgan fingerprint density at radius 1 is 1.27 bits per heavy atom. The van der Waals surface area contributed by atoms with Crippen molar-refractivity contribution in [1.29, 1.82) is 0 Å². The smallest absolute Gasteiger partial charge is 0.0520 e. The van der Waals surface area contributed by atoms with Gasteiger partial charge in [0.1, 0.15) is 0 Å². The summed E-state index contributed by atoms with van der Waals surface area (Å²) in [4.78, 5) is 2.01. The van der Waals surface area contributed by atoms with E-state index in [1.54, 1.807) is 0 Å². The van der Waals surface area contributed by atoms with Gasteiger partial charge in [0.05, 0.1) is 5.69 Å². The van der Waals surface area contributed by atoms with Crippen LogP contribution in [0.15, 0.2) is 24.3 Å². The maximum Gasteiger partial charge on any atom is 0.0520 e. The van der Waals surface area contributed by atoms with Gasteiger partial charge in [-0.25, -0.2) is 0 Å². The molecule has 0 fully saturated rings. The molecule has 0 saturated heterocycles. The van der Waals surface area contributed by atoms with Crippen LogP contribution in [0.3, 0.4) is 0 Å². The third-order valence-electron chi connectivity index (χ3n) is 1.54. The van der Waals surface area contributed by atoms with E-state index in [1.165, 1.54) is 0 Å². The van der Waals surface area contributed by atoms with Gasteiger partial charge in [0.25, 0.3) is 0 Å². The molecule has 0 aromatic heterocycles. The van der Waals surface area contributed by atoms with Gasteiger partial charge >= 0.3 is 0 Å². The predicted molar refractivity (Wildman–Crippen MR) is 48.7 cm³/mol. The summed E-state index contributed by atoms with van der Waals surface area (Å²) in [5.74, 6) is 2.64. The number of rotatable bonds is 1. The van der Waals surface area contributed by atoms with E-state index in [4.69, 9.17) is 6.42 Å². The molecule has 0 saturated carbocycles. The number of hydrogen-bond acceptors (Lipinski definition) is 1. The number of benzene rings is 1. The zero-order valence-electron chi connectivity index (χ0n) is 6.83. The molecule has 1 aromatic rings. The Morgan fingerprint density at radius 3 is 2.36 bits per heavy atom. The first kappa shape index (κ1) is 7.68. The lowest BCUT2D eigenvalue weighted by molar-refractivity contribution is 1.13. The van der Waals surface area contributed by atoms with Gasteiger partial charge in [-0.2, -0.15) is 0 Å². The highest BCUT2D eigenvalue weighted by atomic mass is 15.1. The maximum absolute atomic E-state index is 5.31. The van der Waals surface area contributed by atoms with Crippen LogP contribution in [0.1, 0.15) is 5.56 Å². The molecule has 0 atom stereocenters. The van der Waals surface area contributed by atoms with Crippen LogP contribution < -0.4 is 4.90 Å². The highest BCUT2D eigenvalue weighted by Gasteiger charge is 1.98. The number of nitrogens with zero attached hydrogens (tertiary/aromatic N) is 1. The molecule has 0 aliphatic heterocycles. The molecule has 0 unspecified atom stereocenters. The van der Waals surface area contributed by atoms with Crippen LogP contribution in [0.2, 0.25) is 0 Å². The summed E-state index contributed by atoms with van der Waals surface area (Å²) in [6.45, 7) is 0. The van der Waals surface area contributed by atoms with E-state index < -0.39 is 0 Å². The summed E-state index contributed by atoms with van der Waals surface area (Å²) in [6.07, 6.45) is 5.31. The van der Waals surface area contributed by atoms with Gasteiger partial charge in [0, 0.05) is 19.7 Å². The topological polar surface area (TPSA) is 3.24 Å². The first-order valence-electron chi connectivity index (χ1n) is 3.48. The molecule has 1 heteroatoms. The van der Waals surface area contributed by atoms with E-state index in [1.807, 2.05) is 43.3 Å². The summed E-state index contributed by atoms with van der Waals surface area (Å²) in [5.41, 5.74) is 2.03. The van der Waals surface area contributed by atoms with Gasteiger partial charge in [0.2, 0.25) is 0 Å². The zero-order chi connectivity index (χ0) is 8.27. The molecule has 11 heavy (non-hydrogen) atoms. The monoisotopic (exact) mass is 145 g/mol. The van der Waals surface area contributed by atoms with Gasteiger partial charge in [-0.15, -0.1) is 6.42 Å². The number of para-hydroxylation sites is 1. The van der Waals surface area contributed by atoms with Crippen molar-refractivity contribution in [3.05, 3.63) is 29.8 Å². The zero-order valence-corrected chi connectivity index (χ0v) is 6.83. The van der Waals surface area contributed by atoms with Crippen molar-refractivity contribution in [2.24, 2.45) is 0 Å². The molecule has 0 heterocycles. The molecule has 0 bridgehead atoms. The highest BCUT2D eigenvalue weighted by molar-refractivity contribution is 5.59. The van der Waals surface area contributed by atoms with E-state index in [-0.39, 0.29) is 0 Å². The second-order valence-electron chi connectivity index (χ2n) is 2.56. The first-order chi connectivity index (χ1) is 5.25. The fraction of sp³-hybridized carbons (Fsp3) is 0.200. The van der Waals surface area contributed by atoms with E-state index in [0.717, 1.165) is 11.3 Å². The molecule has 1 aromatic carbocycles. The third-order valence-corrected chi connectivity index (χ3v) is 1.54. The van der Waals surface area contributed by atoms with Crippen LogP contribution in [0, 0.1) is 12.3 Å². The molecule has 0 aliphatic rings. The van der Waals surface area contributed by atoms with Crippen LogP contribution in [0.4, 0.5) is 5.69 Å². The Balaban J connectivity index is 3.15.